The van der Waals surface area contributed by atoms with Crippen molar-refractivity contribution in [3.8, 4) is 11.5 Å². The lowest BCUT2D eigenvalue weighted by molar-refractivity contribution is 0.0663. The Morgan fingerprint density at radius 1 is 1.04 bits per heavy atom. The molecule has 2 heterocycles. The molecule has 0 fully saturated rings. The van der Waals surface area contributed by atoms with Crippen LogP contribution in [0.25, 0.3) is 22.6 Å². The zero-order chi connectivity index (χ0) is 16.1. The summed E-state index contributed by atoms with van der Waals surface area (Å²) in [6, 6.07) is 10.9. The summed E-state index contributed by atoms with van der Waals surface area (Å²) in [6.45, 7) is 4.14. The van der Waals surface area contributed by atoms with E-state index in [1.807, 2.05) is 25.1 Å². The highest BCUT2D eigenvalue weighted by atomic mass is 16.3. The van der Waals surface area contributed by atoms with Crippen molar-refractivity contribution in [3.05, 3.63) is 53.1 Å². The Labute approximate surface area is 132 Å². The lowest BCUT2D eigenvalue weighted by Gasteiger charge is -2.08. The Hall–Kier alpha value is -2.95. The van der Waals surface area contributed by atoms with Gasteiger partial charge in [0.2, 0.25) is 5.89 Å². The summed E-state index contributed by atoms with van der Waals surface area (Å²) < 4.78 is 5.76. The van der Waals surface area contributed by atoms with Gasteiger partial charge in [-0.2, -0.15) is 0 Å². The van der Waals surface area contributed by atoms with Crippen molar-refractivity contribution in [2.45, 2.75) is 13.8 Å². The number of aromatic nitrogens is 1. The maximum Gasteiger partial charge on any atom is 0.261 e. The van der Waals surface area contributed by atoms with E-state index >= 15 is 0 Å². The van der Waals surface area contributed by atoms with Gasteiger partial charge in [-0.25, -0.2) is 4.98 Å². The van der Waals surface area contributed by atoms with E-state index in [-0.39, 0.29) is 11.8 Å². The fraction of sp³-hybridized carbons (Fsp3) is 0.167. The summed E-state index contributed by atoms with van der Waals surface area (Å²) in [5.74, 6) is -0.0582. The third-order valence-corrected chi connectivity index (χ3v) is 4.08. The second-order valence-corrected chi connectivity index (χ2v) is 5.61. The SMILES string of the molecule is CCN1C(=O)c2ccc(-c3nc4cc(C)ccc4o3)cc2C1=O. The van der Waals surface area contributed by atoms with Gasteiger partial charge in [-0.05, 0) is 49.7 Å². The quantitative estimate of drug-likeness (QED) is 0.681. The number of imide groups is 1. The monoisotopic (exact) mass is 306 g/mol. The van der Waals surface area contributed by atoms with Gasteiger partial charge in [-0.15, -0.1) is 0 Å². The molecule has 0 bridgehead atoms. The van der Waals surface area contributed by atoms with E-state index in [2.05, 4.69) is 4.98 Å². The number of oxazole rings is 1. The van der Waals surface area contributed by atoms with E-state index in [1.165, 1.54) is 4.90 Å². The highest BCUT2D eigenvalue weighted by Crippen LogP contribution is 2.30. The number of aryl methyl sites for hydroxylation is 1. The molecule has 1 aromatic heterocycles. The van der Waals surface area contributed by atoms with Crippen LogP contribution in [0.5, 0.6) is 0 Å². The lowest BCUT2D eigenvalue weighted by atomic mass is 10.1. The summed E-state index contributed by atoms with van der Waals surface area (Å²) in [5.41, 5.74) is 4.12. The molecule has 4 rings (SSSR count). The molecule has 0 aliphatic carbocycles. The Morgan fingerprint density at radius 3 is 2.61 bits per heavy atom. The first kappa shape index (κ1) is 13.7. The van der Waals surface area contributed by atoms with Crippen LogP contribution in [0, 0.1) is 6.92 Å². The van der Waals surface area contributed by atoms with Crippen LogP contribution in [-0.4, -0.2) is 28.2 Å². The maximum atomic E-state index is 12.3. The summed E-state index contributed by atoms with van der Waals surface area (Å²) >= 11 is 0. The van der Waals surface area contributed by atoms with Crippen molar-refractivity contribution in [3.63, 3.8) is 0 Å². The average molecular weight is 306 g/mol. The summed E-state index contributed by atoms with van der Waals surface area (Å²) in [5, 5.41) is 0. The Kier molecular flexibility index (Phi) is 2.84. The summed E-state index contributed by atoms with van der Waals surface area (Å²) in [6.07, 6.45) is 0. The third kappa shape index (κ3) is 1.97. The number of carbonyl (C=O) groups is 2. The van der Waals surface area contributed by atoms with Crippen molar-refractivity contribution in [1.29, 1.82) is 0 Å². The molecule has 0 N–H and O–H groups in total. The molecule has 2 aromatic carbocycles. The van der Waals surface area contributed by atoms with Crippen LogP contribution in [0.2, 0.25) is 0 Å². The van der Waals surface area contributed by atoms with E-state index in [1.54, 1.807) is 25.1 Å². The molecule has 2 amide bonds. The molecule has 0 unspecified atom stereocenters. The number of fused-ring (bicyclic) bond motifs is 2. The van der Waals surface area contributed by atoms with E-state index in [4.69, 9.17) is 4.42 Å². The molecule has 5 heteroatoms. The van der Waals surface area contributed by atoms with E-state index < -0.39 is 0 Å². The normalized spacial score (nSPS) is 13.9. The Bertz CT molecular complexity index is 972. The summed E-state index contributed by atoms with van der Waals surface area (Å²) in [7, 11) is 0. The van der Waals surface area contributed by atoms with Gasteiger partial charge in [0.15, 0.2) is 5.58 Å². The first-order valence-electron chi connectivity index (χ1n) is 7.46. The van der Waals surface area contributed by atoms with Crippen molar-refractivity contribution in [1.82, 2.24) is 9.88 Å². The van der Waals surface area contributed by atoms with Crippen LogP contribution in [0.15, 0.2) is 40.8 Å². The maximum absolute atomic E-state index is 12.3. The van der Waals surface area contributed by atoms with Crippen LogP contribution >= 0.6 is 0 Å². The van der Waals surface area contributed by atoms with Crippen molar-refractivity contribution >= 4 is 22.9 Å². The first-order chi connectivity index (χ1) is 11.1. The highest BCUT2D eigenvalue weighted by molar-refractivity contribution is 6.21. The van der Waals surface area contributed by atoms with Crippen molar-refractivity contribution in [2.75, 3.05) is 6.54 Å². The molecule has 0 atom stereocenters. The molecular weight excluding hydrogens is 292 g/mol. The van der Waals surface area contributed by atoms with Crippen molar-refractivity contribution < 1.29 is 14.0 Å². The fourth-order valence-corrected chi connectivity index (χ4v) is 2.87. The fourth-order valence-electron chi connectivity index (χ4n) is 2.87. The van der Waals surface area contributed by atoms with Gasteiger partial charge < -0.3 is 4.42 Å². The zero-order valence-electron chi connectivity index (χ0n) is 12.8. The molecule has 1 aliphatic heterocycles. The van der Waals surface area contributed by atoms with Crippen LogP contribution in [0.3, 0.4) is 0 Å². The first-order valence-corrected chi connectivity index (χ1v) is 7.46. The minimum absolute atomic E-state index is 0.243. The summed E-state index contributed by atoms with van der Waals surface area (Å²) in [4.78, 5) is 30.1. The number of amides is 2. The number of rotatable bonds is 2. The van der Waals surface area contributed by atoms with E-state index in [9.17, 15) is 9.59 Å². The second kappa shape index (κ2) is 4.78. The largest absolute Gasteiger partial charge is 0.436 e. The van der Waals surface area contributed by atoms with Gasteiger partial charge in [-0.3, -0.25) is 14.5 Å². The molecule has 0 saturated carbocycles. The van der Waals surface area contributed by atoms with Gasteiger partial charge in [0.1, 0.15) is 5.52 Å². The molecule has 1 aliphatic rings. The molecule has 114 valence electrons. The second-order valence-electron chi connectivity index (χ2n) is 5.61. The highest BCUT2D eigenvalue weighted by Gasteiger charge is 2.34. The van der Waals surface area contributed by atoms with Gasteiger partial charge >= 0.3 is 0 Å². The third-order valence-electron chi connectivity index (χ3n) is 4.08. The van der Waals surface area contributed by atoms with Gasteiger partial charge in [0, 0.05) is 12.1 Å². The van der Waals surface area contributed by atoms with Gasteiger partial charge in [-0.1, -0.05) is 6.07 Å². The van der Waals surface area contributed by atoms with Crippen LogP contribution in [0.1, 0.15) is 33.2 Å². The number of hydrogen-bond donors (Lipinski definition) is 0. The number of hydrogen-bond acceptors (Lipinski definition) is 4. The molecular formula is C18H14N2O3. The lowest BCUT2D eigenvalue weighted by Crippen LogP contribution is -2.29. The molecule has 23 heavy (non-hydrogen) atoms. The molecule has 0 spiro atoms. The molecule has 3 aromatic rings. The van der Waals surface area contributed by atoms with Crippen LogP contribution < -0.4 is 0 Å². The smallest absolute Gasteiger partial charge is 0.261 e. The standard InChI is InChI=1S/C18H14N2O3/c1-3-20-17(21)12-6-5-11(9-13(12)18(20)22)16-19-14-8-10(2)4-7-15(14)23-16/h4-9H,3H2,1-2H3. The number of nitrogens with zero attached hydrogens (tertiary/aromatic N) is 2. The molecule has 0 radical (unpaired) electrons. The Morgan fingerprint density at radius 2 is 1.83 bits per heavy atom. The van der Waals surface area contributed by atoms with E-state index in [0.29, 0.717) is 34.7 Å². The Balaban J connectivity index is 1.83. The molecule has 5 nitrogen and oxygen atoms in total. The predicted molar refractivity (Wildman–Crippen MR) is 85.2 cm³/mol. The minimum atomic E-state index is -0.263. The molecule has 0 saturated heterocycles. The zero-order valence-corrected chi connectivity index (χ0v) is 12.8. The number of benzene rings is 2. The van der Waals surface area contributed by atoms with Gasteiger partial charge in [0.25, 0.3) is 11.8 Å². The van der Waals surface area contributed by atoms with Gasteiger partial charge in [0.05, 0.1) is 11.1 Å². The average Bonchev–Trinajstić information content (AvgIpc) is 3.06. The topological polar surface area (TPSA) is 63.4 Å². The number of carbonyl (C=O) groups excluding carboxylic acids is 2. The van der Waals surface area contributed by atoms with Crippen LogP contribution in [-0.2, 0) is 0 Å². The van der Waals surface area contributed by atoms with E-state index in [0.717, 1.165) is 11.1 Å². The minimum Gasteiger partial charge on any atom is -0.436 e. The van der Waals surface area contributed by atoms with Crippen molar-refractivity contribution in [2.24, 2.45) is 0 Å². The predicted octanol–water partition coefficient (Wildman–Crippen LogP) is 3.42. The van der Waals surface area contributed by atoms with Crippen LogP contribution in [0.4, 0.5) is 0 Å².